The number of aliphatic carboxylic acids is 1. The minimum Gasteiger partial charge on any atom is -0.480 e. The molecule has 7 nitrogen and oxygen atoms in total. The highest BCUT2D eigenvalue weighted by molar-refractivity contribution is 5.74. The summed E-state index contributed by atoms with van der Waals surface area (Å²) in [5.41, 5.74) is 0. The van der Waals surface area contributed by atoms with Gasteiger partial charge >= 0.3 is 5.97 Å². The van der Waals surface area contributed by atoms with E-state index in [1.165, 1.54) is 6.33 Å². The molecule has 1 fully saturated rings. The summed E-state index contributed by atoms with van der Waals surface area (Å²) in [4.78, 5) is 23.5. The molecule has 0 spiro atoms. The Labute approximate surface area is 118 Å². The number of hydrogen-bond donors (Lipinski definition) is 2. The average Bonchev–Trinajstić information content (AvgIpc) is 2.38. The predicted octanol–water partition coefficient (Wildman–Crippen LogP) is 0.502. The van der Waals surface area contributed by atoms with Crippen molar-refractivity contribution in [1.82, 2.24) is 14.9 Å². The van der Waals surface area contributed by atoms with Crippen LogP contribution in [0.4, 0.5) is 11.6 Å². The second-order valence-electron chi connectivity index (χ2n) is 5.34. The third-order valence-corrected chi connectivity index (χ3v) is 3.35. The molecule has 1 aliphatic heterocycles. The molecule has 0 amide bonds. The van der Waals surface area contributed by atoms with Crippen molar-refractivity contribution in [1.29, 1.82) is 0 Å². The number of piperazine rings is 1. The molecular formula is C13H21N5O2. The van der Waals surface area contributed by atoms with E-state index in [2.05, 4.69) is 15.3 Å². The van der Waals surface area contributed by atoms with Crippen LogP contribution in [0.5, 0.6) is 0 Å². The first kappa shape index (κ1) is 14.5. The van der Waals surface area contributed by atoms with Crippen molar-refractivity contribution < 1.29 is 9.90 Å². The van der Waals surface area contributed by atoms with Gasteiger partial charge in [0.15, 0.2) is 0 Å². The van der Waals surface area contributed by atoms with Gasteiger partial charge in [-0.05, 0) is 20.9 Å². The van der Waals surface area contributed by atoms with Crippen LogP contribution in [0.1, 0.15) is 13.8 Å². The van der Waals surface area contributed by atoms with Gasteiger partial charge in [-0.1, -0.05) is 0 Å². The number of hydrogen-bond acceptors (Lipinski definition) is 6. The fourth-order valence-electron chi connectivity index (χ4n) is 2.24. The Hall–Kier alpha value is -1.89. The van der Waals surface area contributed by atoms with Gasteiger partial charge in [-0.25, -0.2) is 9.97 Å². The zero-order valence-corrected chi connectivity index (χ0v) is 12.1. The number of rotatable bonds is 4. The Balaban J connectivity index is 2.13. The van der Waals surface area contributed by atoms with Crippen molar-refractivity contribution in [2.24, 2.45) is 0 Å². The maximum atomic E-state index is 11.2. The number of nitrogens with zero attached hydrogens (tertiary/aromatic N) is 4. The molecule has 1 aromatic heterocycles. The fourth-order valence-corrected chi connectivity index (χ4v) is 2.24. The highest BCUT2D eigenvalue weighted by Crippen LogP contribution is 2.18. The SMILES string of the molecule is CC(C)Nc1cc(N2CCN(C)[C@H](C(=O)O)C2)ncn1. The summed E-state index contributed by atoms with van der Waals surface area (Å²) in [5, 5.41) is 12.5. The highest BCUT2D eigenvalue weighted by atomic mass is 16.4. The number of likely N-dealkylation sites (N-methyl/N-ethyl adjacent to an activating group) is 1. The van der Waals surface area contributed by atoms with E-state index in [0.717, 1.165) is 18.2 Å². The normalized spacial score (nSPS) is 20.2. The minimum atomic E-state index is -0.799. The maximum Gasteiger partial charge on any atom is 0.322 e. The zero-order valence-electron chi connectivity index (χ0n) is 12.1. The molecule has 1 atom stereocenters. The second-order valence-corrected chi connectivity index (χ2v) is 5.34. The van der Waals surface area contributed by atoms with E-state index >= 15 is 0 Å². The standard InChI is InChI=1S/C13H21N5O2/c1-9(2)16-11-6-12(15-8-14-11)18-5-4-17(3)10(7-18)13(19)20/h6,8-10H,4-5,7H2,1-3H3,(H,19,20)(H,14,15,16)/t10-/m0/s1. The lowest BCUT2D eigenvalue weighted by atomic mass is 10.2. The Kier molecular flexibility index (Phi) is 4.39. The summed E-state index contributed by atoms with van der Waals surface area (Å²) in [6.45, 7) is 5.98. The van der Waals surface area contributed by atoms with Crippen molar-refractivity contribution in [3.63, 3.8) is 0 Å². The molecule has 0 aromatic carbocycles. The van der Waals surface area contributed by atoms with Crippen LogP contribution >= 0.6 is 0 Å². The molecule has 1 saturated heterocycles. The molecule has 0 aliphatic carbocycles. The number of nitrogens with one attached hydrogen (secondary N) is 1. The predicted molar refractivity (Wildman–Crippen MR) is 77.1 cm³/mol. The van der Waals surface area contributed by atoms with Gasteiger partial charge in [-0.15, -0.1) is 0 Å². The van der Waals surface area contributed by atoms with E-state index in [-0.39, 0.29) is 6.04 Å². The molecular weight excluding hydrogens is 258 g/mol. The number of carbonyl (C=O) groups is 1. The van der Waals surface area contributed by atoms with Crippen molar-refractivity contribution in [2.75, 3.05) is 36.9 Å². The molecule has 2 rings (SSSR count). The van der Waals surface area contributed by atoms with Gasteiger partial charge in [0.2, 0.25) is 0 Å². The van der Waals surface area contributed by atoms with E-state index in [9.17, 15) is 9.90 Å². The Bertz CT molecular complexity index is 480. The van der Waals surface area contributed by atoms with Crippen LogP contribution in [0.3, 0.4) is 0 Å². The summed E-state index contributed by atoms with van der Waals surface area (Å²) in [5.74, 6) is 0.727. The summed E-state index contributed by atoms with van der Waals surface area (Å²) in [6.07, 6.45) is 1.51. The molecule has 20 heavy (non-hydrogen) atoms. The second kappa shape index (κ2) is 6.04. The Morgan fingerprint density at radius 3 is 2.85 bits per heavy atom. The van der Waals surface area contributed by atoms with Crippen molar-refractivity contribution >= 4 is 17.6 Å². The zero-order chi connectivity index (χ0) is 14.7. The van der Waals surface area contributed by atoms with Gasteiger partial charge in [-0.3, -0.25) is 9.69 Å². The number of aromatic nitrogens is 2. The first-order valence-corrected chi connectivity index (χ1v) is 6.74. The molecule has 110 valence electrons. The van der Waals surface area contributed by atoms with Gasteiger partial charge in [-0.2, -0.15) is 0 Å². The Morgan fingerprint density at radius 2 is 2.20 bits per heavy atom. The molecule has 0 saturated carbocycles. The first-order valence-electron chi connectivity index (χ1n) is 6.74. The number of anilines is 2. The topological polar surface area (TPSA) is 81.6 Å². The molecule has 7 heteroatoms. The molecule has 2 heterocycles. The van der Waals surface area contributed by atoms with Gasteiger partial charge in [0.25, 0.3) is 0 Å². The van der Waals surface area contributed by atoms with Crippen LogP contribution in [-0.2, 0) is 4.79 Å². The molecule has 1 aliphatic rings. The summed E-state index contributed by atoms with van der Waals surface area (Å²) >= 11 is 0. The third-order valence-electron chi connectivity index (χ3n) is 3.35. The maximum absolute atomic E-state index is 11.2. The van der Waals surface area contributed by atoms with Gasteiger partial charge in [0.05, 0.1) is 0 Å². The lowest BCUT2D eigenvalue weighted by Gasteiger charge is -2.37. The molecule has 0 radical (unpaired) electrons. The summed E-state index contributed by atoms with van der Waals surface area (Å²) in [6, 6.07) is 1.65. The van der Waals surface area contributed by atoms with E-state index in [0.29, 0.717) is 13.1 Å². The minimum absolute atomic E-state index is 0.289. The van der Waals surface area contributed by atoms with Crippen molar-refractivity contribution in [3.8, 4) is 0 Å². The van der Waals surface area contributed by atoms with Crippen LogP contribution in [0.15, 0.2) is 12.4 Å². The summed E-state index contributed by atoms with van der Waals surface area (Å²) < 4.78 is 0. The average molecular weight is 279 g/mol. The quantitative estimate of drug-likeness (QED) is 0.830. The lowest BCUT2D eigenvalue weighted by Crippen LogP contribution is -2.55. The fraction of sp³-hybridized carbons (Fsp3) is 0.615. The highest BCUT2D eigenvalue weighted by Gasteiger charge is 2.30. The van der Waals surface area contributed by atoms with Gasteiger partial charge < -0.3 is 15.3 Å². The number of carboxylic acid groups (broad SMARTS) is 1. The number of carboxylic acids is 1. The van der Waals surface area contributed by atoms with Gasteiger partial charge in [0.1, 0.15) is 24.0 Å². The largest absolute Gasteiger partial charge is 0.480 e. The van der Waals surface area contributed by atoms with Crippen molar-refractivity contribution in [2.45, 2.75) is 25.9 Å². The third kappa shape index (κ3) is 3.36. The Morgan fingerprint density at radius 1 is 1.45 bits per heavy atom. The van der Waals surface area contributed by atoms with E-state index in [4.69, 9.17) is 0 Å². The molecule has 2 N–H and O–H groups in total. The smallest absolute Gasteiger partial charge is 0.322 e. The first-order chi connectivity index (χ1) is 9.47. The van der Waals surface area contributed by atoms with Crippen LogP contribution < -0.4 is 10.2 Å². The molecule has 0 bridgehead atoms. The van der Waals surface area contributed by atoms with Crippen LogP contribution in [-0.4, -0.2) is 64.7 Å². The van der Waals surface area contributed by atoms with Crippen LogP contribution in [0.25, 0.3) is 0 Å². The molecule has 1 aromatic rings. The van der Waals surface area contributed by atoms with E-state index < -0.39 is 12.0 Å². The molecule has 0 unspecified atom stereocenters. The van der Waals surface area contributed by atoms with Crippen molar-refractivity contribution in [3.05, 3.63) is 12.4 Å². The van der Waals surface area contributed by atoms with E-state index in [1.807, 2.05) is 36.8 Å². The lowest BCUT2D eigenvalue weighted by molar-refractivity contribution is -0.142. The van der Waals surface area contributed by atoms with Crippen LogP contribution in [0, 0.1) is 0 Å². The van der Waals surface area contributed by atoms with Crippen LogP contribution in [0.2, 0.25) is 0 Å². The van der Waals surface area contributed by atoms with Gasteiger partial charge in [0, 0.05) is 31.7 Å². The summed E-state index contributed by atoms with van der Waals surface area (Å²) in [7, 11) is 1.84. The monoisotopic (exact) mass is 279 g/mol. The van der Waals surface area contributed by atoms with E-state index in [1.54, 1.807) is 0 Å².